The minimum absolute atomic E-state index is 0. The topological polar surface area (TPSA) is 23.8 Å². The van der Waals surface area contributed by atoms with Gasteiger partial charge in [0.05, 0.1) is 11.6 Å². The van der Waals surface area contributed by atoms with Gasteiger partial charge in [0.15, 0.2) is 0 Å². The zero-order valence-corrected chi connectivity index (χ0v) is 7.07. The molecule has 0 N–H and O–H groups in total. The van der Waals surface area contributed by atoms with Gasteiger partial charge in [0, 0.05) is 0 Å². The number of rotatable bonds is 0. The Kier molecular flexibility index (Phi) is 4.06. The van der Waals surface area contributed by atoms with Crippen molar-refractivity contribution in [2.45, 2.75) is 0 Å². The van der Waals surface area contributed by atoms with Crippen LogP contribution in [0.1, 0.15) is 5.56 Å². The van der Waals surface area contributed by atoms with Gasteiger partial charge in [-0.3, -0.25) is 0 Å². The van der Waals surface area contributed by atoms with Crippen molar-refractivity contribution in [2.75, 3.05) is 0 Å². The average molecular weight is 231 g/mol. The first-order chi connectivity index (χ1) is 3.93. The smallest absolute Gasteiger partial charge is 0.0991 e. The minimum Gasteiger partial charge on any atom is -0.192 e. The average Bonchev–Trinajstić information content (AvgIpc) is 1.90. The van der Waals surface area contributed by atoms with Gasteiger partial charge in [0.2, 0.25) is 0 Å². The van der Waals surface area contributed by atoms with Crippen LogP contribution >= 0.6 is 24.0 Å². The first-order valence-corrected chi connectivity index (χ1v) is 2.38. The molecule has 0 amide bonds. The van der Waals surface area contributed by atoms with E-state index in [0.717, 1.165) is 0 Å². The highest BCUT2D eigenvalue weighted by Gasteiger charge is 1.79. The van der Waals surface area contributed by atoms with E-state index in [2.05, 4.69) is 0 Å². The number of nitrogens with zero attached hydrogens (tertiary/aromatic N) is 1. The second-order valence-corrected chi connectivity index (χ2v) is 1.48. The van der Waals surface area contributed by atoms with Gasteiger partial charge in [-0.1, -0.05) is 18.2 Å². The Bertz CT molecular complexity index is 200. The zero-order chi connectivity index (χ0) is 5.82. The summed E-state index contributed by atoms with van der Waals surface area (Å²) in [5.41, 5.74) is 0.715. The number of hydrogen-bond acceptors (Lipinski definition) is 1. The normalized spacial score (nSPS) is 7.00. The molecule has 0 heterocycles. The summed E-state index contributed by atoms with van der Waals surface area (Å²) in [5.74, 6) is 0. The highest BCUT2D eigenvalue weighted by molar-refractivity contribution is 14.0. The molecule has 0 atom stereocenters. The van der Waals surface area contributed by atoms with Gasteiger partial charge in [0.25, 0.3) is 0 Å². The molecule has 0 bridgehead atoms. The van der Waals surface area contributed by atoms with Gasteiger partial charge in [-0.2, -0.15) is 5.26 Å². The predicted molar refractivity (Wildman–Crippen MR) is 46.6 cm³/mol. The lowest BCUT2D eigenvalue weighted by Crippen LogP contribution is -1.66. The standard InChI is InChI=1S/C7H5N.HI/c8-6-7-4-2-1-3-5-7;/h1-5H;1H. The van der Waals surface area contributed by atoms with E-state index in [9.17, 15) is 0 Å². The number of benzene rings is 1. The van der Waals surface area contributed by atoms with Crippen LogP contribution in [0.25, 0.3) is 0 Å². The monoisotopic (exact) mass is 231 g/mol. The molecule has 0 radical (unpaired) electrons. The van der Waals surface area contributed by atoms with Gasteiger partial charge in [0.1, 0.15) is 0 Å². The summed E-state index contributed by atoms with van der Waals surface area (Å²) in [5, 5.41) is 8.29. The molecule has 46 valence electrons. The van der Waals surface area contributed by atoms with Crippen molar-refractivity contribution in [2.24, 2.45) is 0 Å². The molecule has 0 spiro atoms. The Hall–Kier alpha value is -0.560. The van der Waals surface area contributed by atoms with Crippen molar-refractivity contribution in [3.8, 4) is 6.07 Å². The van der Waals surface area contributed by atoms with Gasteiger partial charge in [-0.05, 0) is 12.1 Å². The number of halogens is 1. The van der Waals surface area contributed by atoms with Crippen LogP contribution in [-0.2, 0) is 0 Å². The second kappa shape index (κ2) is 4.33. The summed E-state index contributed by atoms with van der Waals surface area (Å²) in [6.07, 6.45) is 0. The SMILES string of the molecule is I.N#Cc1ccccc1. The van der Waals surface area contributed by atoms with Crippen LogP contribution in [-0.4, -0.2) is 0 Å². The van der Waals surface area contributed by atoms with Crippen LogP contribution in [0.5, 0.6) is 0 Å². The molecule has 1 aromatic rings. The summed E-state index contributed by atoms with van der Waals surface area (Å²) in [6.45, 7) is 0. The molecule has 1 aromatic carbocycles. The first-order valence-electron chi connectivity index (χ1n) is 2.38. The van der Waals surface area contributed by atoms with E-state index in [4.69, 9.17) is 5.26 Å². The van der Waals surface area contributed by atoms with E-state index in [0.29, 0.717) is 5.56 Å². The summed E-state index contributed by atoms with van der Waals surface area (Å²) in [6, 6.07) is 11.2. The van der Waals surface area contributed by atoms with Crippen LogP contribution < -0.4 is 0 Å². The Balaban J connectivity index is 0.000000640. The lowest BCUT2D eigenvalue weighted by atomic mass is 10.2. The zero-order valence-electron chi connectivity index (χ0n) is 4.74. The molecule has 0 aliphatic rings. The van der Waals surface area contributed by atoms with E-state index in [1.807, 2.05) is 24.3 Å². The molecule has 9 heavy (non-hydrogen) atoms. The van der Waals surface area contributed by atoms with Gasteiger partial charge in [-0.25, -0.2) is 0 Å². The largest absolute Gasteiger partial charge is 0.192 e. The summed E-state index contributed by atoms with van der Waals surface area (Å²) in [4.78, 5) is 0. The summed E-state index contributed by atoms with van der Waals surface area (Å²) in [7, 11) is 0. The number of hydrogen-bond donors (Lipinski definition) is 0. The van der Waals surface area contributed by atoms with Crippen molar-refractivity contribution < 1.29 is 0 Å². The van der Waals surface area contributed by atoms with Crippen LogP contribution in [0.2, 0.25) is 0 Å². The lowest BCUT2D eigenvalue weighted by Gasteiger charge is -1.80. The van der Waals surface area contributed by atoms with Crippen molar-refractivity contribution in [1.82, 2.24) is 0 Å². The van der Waals surface area contributed by atoms with Gasteiger partial charge < -0.3 is 0 Å². The van der Waals surface area contributed by atoms with Crippen LogP contribution in [0.3, 0.4) is 0 Å². The predicted octanol–water partition coefficient (Wildman–Crippen LogP) is 2.18. The summed E-state index contributed by atoms with van der Waals surface area (Å²) < 4.78 is 0. The van der Waals surface area contributed by atoms with Gasteiger partial charge in [-0.15, -0.1) is 24.0 Å². The molecule has 0 unspecified atom stereocenters. The minimum atomic E-state index is 0. The fraction of sp³-hybridized carbons (Fsp3) is 0. The first kappa shape index (κ1) is 8.44. The quantitative estimate of drug-likeness (QED) is 0.627. The third-order valence-corrected chi connectivity index (χ3v) is 0.903. The molecule has 2 heteroatoms. The Morgan fingerprint density at radius 2 is 1.67 bits per heavy atom. The maximum atomic E-state index is 8.29. The van der Waals surface area contributed by atoms with E-state index in [1.54, 1.807) is 12.1 Å². The van der Waals surface area contributed by atoms with E-state index in [1.165, 1.54) is 0 Å². The second-order valence-electron chi connectivity index (χ2n) is 1.48. The Morgan fingerprint density at radius 1 is 1.11 bits per heavy atom. The maximum Gasteiger partial charge on any atom is 0.0991 e. The highest BCUT2D eigenvalue weighted by Crippen LogP contribution is 1.92. The Labute approximate surface area is 71.3 Å². The maximum absolute atomic E-state index is 8.29. The third-order valence-electron chi connectivity index (χ3n) is 0.903. The highest BCUT2D eigenvalue weighted by atomic mass is 127. The summed E-state index contributed by atoms with van der Waals surface area (Å²) >= 11 is 0. The van der Waals surface area contributed by atoms with Crippen molar-refractivity contribution in [3.63, 3.8) is 0 Å². The van der Waals surface area contributed by atoms with Gasteiger partial charge >= 0.3 is 0 Å². The third kappa shape index (κ3) is 2.47. The fourth-order valence-electron chi connectivity index (χ4n) is 0.513. The molecule has 1 nitrogen and oxygen atoms in total. The van der Waals surface area contributed by atoms with E-state index in [-0.39, 0.29) is 24.0 Å². The van der Waals surface area contributed by atoms with Crippen LogP contribution in [0, 0.1) is 11.3 Å². The van der Waals surface area contributed by atoms with E-state index >= 15 is 0 Å². The molecular formula is C7H6IN. The lowest BCUT2D eigenvalue weighted by molar-refractivity contribution is 1.49. The van der Waals surface area contributed by atoms with Crippen molar-refractivity contribution in [3.05, 3.63) is 35.9 Å². The number of nitriles is 1. The molecule has 0 saturated carbocycles. The van der Waals surface area contributed by atoms with Crippen molar-refractivity contribution in [1.29, 1.82) is 5.26 Å². The molecule has 1 rings (SSSR count). The molecule has 0 aliphatic carbocycles. The Morgan fingerprint density at radius 3 is 2.00 bits per heavy atom. The molecule has 0 aliphatic heterocycles. The molecule has 0 fully saturated rings. The van der Waals surface area contributed by atoms with Crippen LogP contribution in [0.15, 0.2) is 30.3 Å². The molecule has 0 aromatic heterocycles. The van der Waals surface area contributed by atoms with Crippen LogP contribution in [0.4, 0.5) is 0 Å². The van der Waals surface area contributed by atoms with Crippen molar-refractivity contribution >= 4 is 24.0 Å². The van der Waals surface area contributed by atoms with E-state index < -0.39 is 0 Å². The fourth-order valence-corrected chi connectivity index (χ4v) is 0.513. The molecular weight excluding hydrogens is 225 g/mol. The molecule has 0 saturated heterocycles.